The molecule has 1 heterocycles. The first-order valence-electron chi connectivity index (χ1n) is 5.91. The van der Waals surface area contributed by atoms with Crippen molar-refractivity contribution in [1.82, 2.24) is 4.98 Å². The van der Waals surface area contributed by atoms with Gasteiger partial charge in [0.25, 0.3) is 0 Å². The van der Waals surface area contributed by atoms with Crippen LogP contribution in [0.1, 0.15) is 25.3 Å². The van der Waals surface area contributed by atoms with E-state index in [1.165, 1.54) is 30.2 Å². The lowest BCUT2D eigenvalue weighted by Crippen LogP contribution is -1.92. The van der Waals surface area contributed by atoms with E-state index in [1.54, 1.807) is 0 Å². The van der Waals surface area contributed by atoms with Crippen molar-refractivity contribution in [2.24, 2.45) is 0 Å². The number of rotatable bonds is 4. The third-order valence-electron chi connectivity index (χ3n) is 2.83. The van der Waals surface area contributed by atoms with Crippen LogP contribution < -0.4 is 5.32 Å². The summed E-state index contributed by atoms with van der Waals surface area (Å²) in [5, 5.41) is 4.29. The maximum atomic E-state index is 4.50. The Balaban J connectivity index is 2.32. The van der Waals surface area contributed by atoms with E-state index in [1.807, 2.05) is 13.1 Å². The summed E-state index contributed by atoms with van der Waals surface area (Å²) < 4.78 is 0. The van der Waals surface area contributed by atoms with Crippen molar-refractivity contribution in [3.63, 3.8) is 0 Å². The number of aromatic nitrogens is 1. The van der Waals surface area contributed by atoms with Crippen molar-refractivity contribution >= 4 is 16.7 Å². The molecule has 0 unspecified atom stereocenters. The first-order chi connectivity index (χ1) is 7.83. The fourth-order valence-corrected chi connectivity index (χ4v) is 1.85. The van der Waals surface area contributed by atoms with Crippen molar-refractivity contribution in [2.45, 2.75) is 26.2 Å². The molecular formula is C14H18N2. The lowest BCUT2D eigenvalue weighted by Gasteiger charge is -2.04. The smallest absolute Gasteiger partial charge is 0.126 e. The number of unbranched alkanes of at least 4 members (excludes halogenated alkanes) is 1. The highest BCUT2D eigenvalue weighted by molar-refractivity contribution is 5.80. The monoisotopic (exact) mass is 214 g/mol. The van der Waals surface area contributed by atoms with Gasteiger partial charge in [-0.25, -0.2) is 4.98 Å². The molecule has 0 aliphatic rings. The van der Waals surface area contributed by atoms with Gasteiger partial charge in [-0.2, -0.15) is 0 Å². The highest BCUT2D eigenvalue weighted by atomic mass is 15.0. The molecule has 2 nitrogen and oxygen atoms in total. The molecule has 0 atom stereocenters. The topological polar surface area (TPSA) is 24.9 Å². The third-order valence-corrected chi connectivity index (χ3v) is 2.83. The van der Waals surface area contributed by atoms with Gasteiger partial charge in [-0.1, -0.05) is 19.4 Å². The van der Waals surface area contributed by atoms with E-state index in [-0.39, 0.29) is 0 Å². The largest absolute Gasteiger partial charge is 0.373 e. The molecule has 0 radical (unpaired) electrons. The summed E-state index contributed by atoms with van der Waals surface area (Å²) in [5.74, 6) is 0.925. The zero-order chi connectivity index (χ0) is 11.4. The Bertz CT molecular complexity index is 477. The molecule has 16 heavy (non-hydrogen) atoms. The quantitative estimate of drug-likeness (QED) is 0.840. The molecule has 0 saturated carbocycles. The van der Waals surface area contributed by atoms with Crippen LogP contribution >= 0.6 is 0 Å². The minimum atomic E-state index is 0.925. The van der Waals surface area contributed by atoms with E-state index < -0.39 is 0 Å². The minimum absolute atomic E-state index is 0.925. The summed E-state index contributed by atoms with van der Waals surface area (Å²) in [7, 11) is 1.89. The normalized spacial score (nSPS) is 10.6. The van der Waals surface area contributed by atoms with Crippen molar-refractivity contribution < 1.29 is 0 Å². The van der Waals surface area contributed by atoms with Crippen LogP contribution in [0.3, 0.4) is 0 Å². The van der Waals surface area contributed by atoms with E-state index in [0.717, 1.165) is 11.3 Å². The van der Waals surface area contributed by atoms with Crippen LogP contribution in [0, 0.1) is 0 Å². The van der Waals surface area contributed by atoms with E-state index in [9.17, 15) is 0 Å². The molecule has 1 N–H and O–H groups in total. The Morgan fingerprint density at radius 2 is 2.06 bits per heavy atom. The predicted octanol–water partition coefficient (Wildman–Crippen LogP) is 3.62. The number of hydrogen-bond acceptors (Lipinski definition) is 2. The molecule has 0 amide bonds. The van der Waals surface area contributed by atoms with Gasteiger partial charge < -0.3 is 5.32 Å². The molecule has 0 bridgehead atoms. The van der Waals surface area contributed by atoms with Crippen molar-refractivity contribution in [3.05, 3.63) is 35.9 Å². The Labute approximate surface area is 96.7 Å². The van der Waals surface area contributed by atoms with Gasteiger partial charge >= 0.3 is 0 Å². The van der Waals surface area contributed by atoms with Crippen LogP contribution in [0.25, 0.3) is 10.9 Å². The zero-order valence-electron chi connectivity index (χ0n) is 9.96. The molecule has 0 fully saturated rings. The van der Waals surface area contributed by atoms with Crippen LogP contribution in [0.2, 0.25) is 0 Å². The first kappa shape index (κ1) is 10.9. The molecule has 2 heteroatoms. The summed E-state index contributed by atoms with van der Waals surface area (Å²) in [5.41, 5.74) is 2.47. The second kappa shape index (κ2) is 4.97. The Morgan fingerprint density at radius 3 is 2.81 bits per heavy atom. The molecule has 2 aromatic rings. The molecule has 2 rings (SSSR count). The van der Waals surface area contributed by atoms with Gasteiger partial charge in [0.05, 0.1) is 5.52 Å². The first-order valence-corrected chi connectivity index (χ1v) is 5.91. The molecule has 1 aromatic carbocycles. The second-order valence-electron chi connectivity index (χ2n) is 4.08. The fourth-order valence-electron chi connectivity index (χ4n) is 1.85. The molecule has 0 spiro atoms. The van der Waals surface area contributed by atoms with E-state index in [4.69, 9.17) is 0 Å². The van der Waals surface area contributed by atoms with Crippen LogP contribution in [-0.4, -0.2) is 12.0 Å². The number of pyridine rings is 1. The summed E-state index contributed by atoms with van der Waals surface area (Å²) in [6.45, 7) is 2.22. The van der Waals surface area contributed by atoms with E-state index >= 15 is 0 Å². The second-order valence-corrected chi connectivity index (χ2v) is 4.08. The molecule has 1 aromatic heterocycles. The average molecular weight is 214 g/mol. The Hall–Kier alpha value is -1.57. The fraction of sp³-hybridized carbons (Fsp3) is 0.357. The number of nitrogens with zero attached hydrogens (tertiary/aromatic N) is 1. The number of hydrogen-bond donors (Lipinski definition) is 1. The number of fused-ring (bicyclic) bond motifs is 1. The SMILES string of the molecule is CCCCc1ccc2nc(NC)ccc2c1. The van der Waals surface area contributed by atoms with Gasteiger partial charge in [0.1, 0.15) is 5.82 Å². The Morgan fingerprint density at radius 1 is 1.19 bits per heavy atom. The summed E-state index contributed by atoms with van der Waals surface area (Å²) in [4.78, 5) is 4.50. The highest BCUT2D eigenvalue weighted by Crippen LogP contribution is 2.17. The zero-order valence-corrected chi connectivity index (χ0v) is 9.96. The minimum Gasteiger partial charge on any atom is -0.373 e. The van der Waals surface area contributed by atoms with Gasteiger partial charge in [0.2, 0.25) is 0 Å². The number of aryl methyl sites for hydroxylation is 1. The average Bonchev–Trinajstić information content (AvgIpc) is 2.35. The Kier molecular flexibility index (Phi) is 3.40. The van der Waals surface area contributed by atoms with E-state index in [2.05, 4.69) is 41.5 Å². The van der Waals surface area contributed by atoms with Crippen LogP contribution in [0.15, 0.2) is 30.3 Å². The summed E-state index contributed by atoms with van der Waals surface area (Å²) in [6.07, 6.45) is 3.67. The van der Waals surface area contributed by atoms with Crippen molar-refractivity contribution in [1.29, 1.82) is 0 Å². The maximum absolute atomic E-state index is 4.50. The summed E-state index contributed by atoms with van der Waals surface area (Å²) in [6, 6.07) is 10.7. The van der Waals surface area contributed by atoms with E-state index in [0.29, 0.717) is 0 Å². The number of benzene rings is 1. The van der Waals surface area contributed by atoms with Gasteiger partial charge in [0, 0.05) is 12.4 Å². The van der Waals surface area contributed by atoms with Crippen LogP contribution in [0.5, 0.6) is 0 Å². The van der Waals surface area contributed by atoms with Gasteiger partial charge in [-0.3, -0.25) is 0 Å². The molecule has 0 saturated heterocycles. The lowest BCUT2D eigenvalue weighted by molar-refractivity contribution is 0.796. The number of nitrogens with one attached hydrogen (secondary N) is 1. The third kappa shape index (κ3) is 2.32. The van der Waals surface area contributed by atoms with Gasteiger partial charge in [-0.15, -0.1) is 0 Å². The molecule has 0 aliphatic carbocycles. The number of anilines is 1. The van der Waals surface area contributed by atoms with Crippen LogP contribution in [-0.2, 0) is 6.42 Å². The predicted molar refractivity (Wildman–Crippen MR) is 69.9 cm³/mol. The van der Waals surface area contributed by atoms with Crippen LogP contribution in [0.4, 0.5) is 5.82 Å². The lowest BCUT2D eigenvalue weighted by atomic mass is 10.1. The maximum Gasteiger partial charge on any atom is 0.126 e. The van der Waals surface area contributed by atoms with Crippen molar-refractivity contribution in [3.8, 4) is 0 Å². The highest BCUT2D eigenvalue weighted by Gasteiger charge is 1.99. The summed E-state index contributed by atoms with van der Waals surface area (Å²) >= 11 is 0. The van der Waals surface area contributed by atoms with Gasteiger partial charge in [-0.05, 0) is 42.7 Å². The van der Waals surface area contributed by atoms with Gasteiger partial charge in [0.15, 0.2) is 0 Å². The van der Waals surface area contributed by atoms with Crippen molar-refractivity contribution in [2.75, 3.05) is 12.4 Å². The molecule has 0 aliphatic heterocycles. The molecule has 84 valence electrons. The standard InChI is InChI=1S/C14H18N2/c1-3-4-5-11-6-8-13-12(10-11)7-9-14(15-2)16-13/h6-10H,3-5H2,1-2H3,(H,15,16). The molecular weight excluding hydrogens is 196 g/mol.